The van der Waals surface area contributed by atoms with Crippen LogP contribution in [0.4, 0.5) is 0 Å². The lowest BCUT2D eigenvalue weighted by molar-refractivity contribution is 0.326. The van der Waals surface area contributed by atoms with Crippen LogP contribution in [0.1, 0.15) is 31.9 Å². The van der Waals surface area contributed by atoms with Gasteiger partial charge in [-0.2, -0.15) is 0 Å². The van der Waals surface area contributed by atoms with Crippen LogP contribution in [0.25, 0.3) is 0 Å². The van der Waals surface area contributed by atoms with E-state index in [4.69, 9.17) is 5.73 Å². The molecule has 2 atom stereocenters. The van der Waals surface area contributed by atoms with Crippen molar-refractivity contribution in [3.05, 3.63) is 30.1 Å². The molecular weight excluding hydrogens is 172 g/mol. The summed E-state index contributed by atoms with van der Waals surface area (Å²) in [6.45, 7) is 2.33. The minimum Gasteiger partial charge on any atom is -0.328 e. The van der Waals surface area contributed by atoms with Crippen LogP contribution < -0.4 is 5.73 Å². The molecule has 2 N–H and O–H groups in total. The summed E-state index contributed by atoms with van der Waals surface area (Å²) in [6.07, 6.45) is 6.49. The van der Waals surface area contributed by atoms with E-state index in [1.807, 2.05) is 12.3 Å². The summed E-state index contributed by atoms with van der Waals surface area (Å²) in [5.41, 5.74) is 7.52. The highest BCUT2D eigenvalue weighted by Crippen LogP contribution is 2.39. The Morgan fingerprint density at radius 2 is 2.43 bits per heavy atom. The van der Waals surface area contributed by atoms with Crippen LogP contribution in [0.15, 0.2) is 24.4 Å². The van der Waals surface area contributed by atoms with Crippen molar-refractivity contribution in [3.63, 3.8) is 0 Å². The van der Waals surface area contributed by atoms with Crippen molar-refractivity contribution in [2.24, 2.45) is 11.1 Å². The van der Waals surface area contributed by atoms with Crippen LogP contribution in [-0.2, 0) is 6.42 Å². The summed E-state index contributed by atoms with van der Waals surface area (Å²) >= 11 is 0. The number of aromatic nitrogens is 1. The highest BCUT2D eigenvalue weighted by atomic mass is 14.7. The SMILES string of the molecule is CC1(Cc2ccccn2)CCC(N)C1. The smallest absolute Gasteiger partial charge is 0.0409 e. The van der Waals surface area contributed by atoms with E-state index >= 15 is 0 Å². The molecule has 0 amide bonds. The summed E-state index contributed by atoms with van der Waals surface area (Å²) in [6, 6.07) is 6.53. The molecule has 0 spiro atoms. The monoisotopic (exact) mass is 190 g/mol. The van der Waals surface area contributed by atoms with Crippen molar-refractivity contribution >= 4 is 0 Å². The molecule has 1 saturated carbocycles. The molecular formula is C12H18N2. The average molecular weight is 190 g/mol. The van der Waals surface area contributed by atoms with E-state index < -0.39 is 0 Å². The molecule has 0 bridgehead atoms. The van der Waals surface area contributed by atoms with Crippen molar-refractivity contribution in [2.45, 2.75) is 38.6 Å². The first kappa shape index (κ1) is 9.66. The normalized spacial score (nSPS) is 32.0. The van der Waals surface area contributed by atoms with Gasteiger partial charge in [-0.15, -0.1) is 0 Å². The number of hydrogen-bond acceptors (Lipinski definition) is 2. The number of nitrogens with two attached hydrogens (primary N) is 1. The quantitative estimate of drug-likeness (QED) is 0.776. The summed E-state index contributed by atoms with van der Waals surface area (Å²) < 4.78 is 0. The highest BCUT2D eigenvalue weighted by molar-refractivity contribution is 5.07. The first-order chi connectivity index (χ1) is 6.68. The topological polar surface area (TPSA) is 38.9 Å². The van der Waals surface area contributed by atoms with Crippen molar-refractivity contribution in [1.29, 1.82) is 0 Å². The van der Waals surface area contributed by atoms with Crippen LogP contribution in [0.5, 0.6) is 0 Å². The summed E-state index contributed by atoms with van der Waals surface area (Å²) in [5.74, 6) is 0. The number of rotatable bonds is 2. The summed E-state index contributed by atoms with van der Waals surface area (Å²) in [4.78, 5) is 4.37. The average Bonchev–Trinajstić information content (AvgIpc) is 2.47. The van der Waals surface area contributed by atoms with E-state index in [1.165, 1.54) is 18.5 Å². The lowest BCUT2D eigenvalue weighted by Gasteiger charge is -2.23. The lowest BCUT2D eigenvalue weighted by atomic mass is 9.83. The zero-order valence-corrected chi connectivity index (χ0v) is 8.74. The molecule has 1 aliphatic rings. The maximum atomic E-state index is 5.94. The molecule has 0 aromatic carbocycles. The van der Waals surface area contributed by atoms with Gasteiger partial charge < -0.3 is 5.73 Å². The minimum atomic E-state index is 0.383. The molecule has 2 heteroatoms. The van der Waals surface area contributed by atoms with Gasteiger partial charge in [0.2, 0.25) is 0 Å². The van der Waals surface area contributed by atoms with Crippen LogP contribution in [0.3, 0.4) is 0 Å². The Bertz CT molecular complexity index is 296. The Hall–Kier alpha value is -0.890. The zero-order valence-electron chi connectivity index (χ0n) is 8.74. The fraction of sp³-hybridized carbons (Fsp3) is 0.583. The second-order valence-corrected chi connectivity index (χ2v) is 4.81. The molecule has 1 aliphatic carbocycles. The standard InChI is InChI=1S/C12H18N2/c1-12(6-5-10(13)8-12)9-11-4-2-3-7-14-11/h2-4,7,10H,5-6,8-9,13H2,1H3. The maximum absolute atomic E-state index is 5.94. The summed E-state index contributed by atoms with van der Waals surface area (Å²) in [5, 5.41) is 0. The van der Waals surface area contributed by atoms with Crippen LogP contribution in [0, 0.1) is 5.41 Å². The Morgan fingerprint density at radius 1 is 1.57 bits per heavy atom. The van der Waals surface area contributed by atoms with Gasteiger partial charge in [0, 0.05) is 17.9 Å². The molecule has 14 heavy (non-hydrogen) atoms. The molecule has 0 radical (unpaired) electrons. The van der Waals surface area contributed by atoms with E-state index in [2.05, 4.69) is 24.0 Å². The molecule has 76 valence electrons. The molecule has 2 rings (SSSR count). The first-order valence-corrected chi connectivity index (χ1v) is 5.33. The van der Waals surface area contributed by atoms with Gasteiger partial charge in [-0.1, -0.05) is 13.0 Å². The van der Waals surface area contributed by atoms with Crippen LogP contribution >= 0.6 is 0 Å². The van der Waals surface area contributed by atoms with E-state index in [0.717, 1.165) is 12.8 Å². The Morgan fingerprint density at radius 3 is 3.00 bits per heavy atom. The molecule has 1 fully saturated rings. The highest BCUT2D eigenvalue weighted by Gasteiger charge is 2.33. The first-order valence-electron chi connectivity index (χ1n) is 5.33. The number of hydrogen-bond donors (Lipinski definition) is 1. The third-order valence-corrected chi connectivity index (χ3v) is 3.21. The van der Waals surface area contributed by atoms with Gasteiger partial charge in [0.05, 0.1) is 0 Å². The molecule has 1 aromatic heterocycles. The van der Waals surface area contributed by atoms with Gasteiger partial charge in [0.25, 0.3) is 0 Å². The van der Waals surface area contributed by atoms with Crippen molar-refractivity contribution in [2.75, 3.05) is 0 Å². The molecule has 0 aliphatic heterocycles. The zero-order chi connectivity index (χ0) is 10.0. The fourth-order valence-electron chi connectivity index (χ4n) is 2.47. The van der Waals surface area contributed by atoms with Gasteiger partial charge in [-0.25, -0.2) is 0 Å². The van der Waals surface area contributed by atoms with Crippen LogP contribution in [-0.4, -0.2) is 11.0 Å². The Labute approximate surface area is 85.5 Å². The van der Waals surface area contributed by atoms with Gasteiger partial charge in [-0.05, 0) is 43.2 Å². The van der Waals surface area contributed by atoms with Gasteiger partial charge in [0.1, 0.15) is 0 Å². The molecule has 0 saturated heterocycles. The maximum Gasteiger partial charge on any atom is 0.0409 e. The van der Waals surface area contributed by atoms with Gasteiger partial charge in [-0.3, -0.25) is 4.98 Å². The Kier molecular flexibility index (Phi) is 2.55. The minimum absolute atomic E-state index is 0.383. The largest absolute Gasteiger partial charge is 0.328 e. The van der Waals surface area contributed by atoms with Crippen LogP contribution in [0.2, 0.25) is 0 Å². The van der Waals surface area contributed by atoms with E-state index in [9.17, 15) is 0 Å². The molecule has 1 aromatic rings. The number of pyridine rings is 1. The predicted molar refractivity (Wildman–Crippen MR) is 57.9 cm³/mol. The second-order valence-electron chi connectivity index (χ2n) is 4.81. The van der Waals surface area contributed by atoms with E-state index in [0.29, 0.717) is 11.5 Å². The van der Waals surface area contributed by atoms with Crippen molar-refractivity contribution in [3.8, 4) is 0 Å². The van der Waals surface area contributed by atoms with Gasteiger partial charge in [0.15, 0.2) is 0 Å². The van der Waals surface area contributed by atoms with Gasteiger partial charge >= 0.3 is 0 Å². The lowest BCUT2D eigenvalue weighted by Crippen LogP contribution is -2.21. The number of nitrogens with zero attached hydrogens (tertiary/aromatic N) is 1. The fourth-order valence-corrected chi connectivity index (χ4v) is 2.47. The molecule has 2 unspecified atom stereocenters. The van der Waals surface area contributed by atoms with Crippen molar-refractivity contribution < 1.29 is 0 Å². The third kappa shape index (κ3) is 2.13. The third-order valence-electron chi connectivity index (χ3n) is 3.21. The molecule has 1 heterocycles. The second kappa shape index (κ2) is 3.70. The van der Waals surface area contributed by atoms with E-state index in [1.54, 1.807) is 0 Å². The predicted octanol–water partition coefficient (Wildman–Crippen LogP) is 2.14. The van der Waals surface area contributed by atoms with E-state index in [-0.39, 0.29) is 0 Å². The van der Waals surface area contributed by atoms with Crippen molar-refractivity contribution in [1.82, 2.24) is 4.98 Å². The molecule has 2 nitrogen and oxygen atoms in total. The Balaban J connectivity index is 2.04. The summed E-state index contributed by atoms with van der Waals surface area (Å²) in [7, 11) is 0.